The maximum atomic E-state index is 13.4. The van der Waals surface area contributed by atoms with Gasteiger partial charge in [-0.1, -0.05) is 0 Å². The average Bonchev–Trinajstić information content (AvgIpc) is 2.33. The number of aryl methyl sites for hydroxylation is 1. The first-order chi connectivity index (χ1) is 9.65. The van der Waals surface area contributed by atoms with Crippen LogP contribution in [0.5, 0.6) is 0 Å². The zero-order valence-electron chi connectivity index (χ0n) is 11.1. The number of nitrogens with zero attached hydrogens (tertiary/aromatic N) is 1. The number of rotatable bonds is 7. The van der Waals surface area contributed by atoms with Gasteiger partial charge in [0.1, 0.15) is 0 Å². The SMILES string of the molecule is Cc1cc(F)c([N+](=O)[O-])cc1S(=O)(=O)NCCCC(N)=O. The molecule has 0 fully saturated rings. The summed E-state index contributed by atoms with van der Waals surface area (Å²) in [5, 5.41) is 10.6. The number of halogens is 1. The molecular weight excluding hydrogens is 305 g/mol. The second-order valence-electron chi connectivity index (χ2n) is 4.29. The number of amides is 1. The Bertz CT molecular complexity index is 675. The third-order valence-electron chi connectivity index (χ3n) is 2.62. The van der Waals surface area contributed by atoms with E-state index in [9.17, 15) is 27.7 Å². The fraction of sp³-hybridized carbons (Fsp3) is 0.364. The highest BCUT2D eigenvalue weighted by Crippen LogP contribution is 2.25. The summed E-state index contributed by atoms with van der Waals surface area (Å²) in [5.41, 5.74) is 4.04. The quantitative estimate of drug-likeness (QED) is 0.431. The van der Waals surface area contributed by atoms with Crippen LogP contribution in [0, 0.1) is 22.9 Å². The van der Waals surface area contributed by atoms with Crippen molar-refractivity contribution in [3.8, 4) is 0 Å². The molecule has 0 aliphatic carbocycles. The molecule has 1 amide bonds. The van der Waals surface area contributed by atoms with E-state index in [2.05, 4.69) is 4.72 Å². The van der Waals surface area contributed by atoms with E-state index in [0.717, 1.165) is 6.07 Å². The Kier molecular flexibility index (Phi) is 5.33. The van der Waals surface area contributed by atoms with E-state index in [4.69, 9.17) is 5.73 Å². The smallest absolute Gasteiger partial charge is 0.306 e. The number of nitro benzene ring substituents is 1. The molecule has 1 aromatic carbocycles. The van der Waals surface area contributed by atoms with Crippen molar-refractivity contribution in [3.63, 3.8) is 0 Å². The number of carbonyl (C=O) groups excluding carboxylic acids is 1. The van der Waals surface area contributed by atoms with Gasteiger partial charge in [-0.05, 0) is 25.0 Å². The molecule has 0 aliphatic rings. The fourth-order valence-electron chi connectivity index (χ4n) is 1.62. The first kappa shape index (κ1) is 17.0. The van der Waals surface area contributed by atoms with Crippen molar-refractivity contribution in [2.45, 2.75) is 24.7 Å². The van der Waals surface area contributed by atoms with Crippen LogP contribution in [-0.4, -0.2) is 25.8 Å². The van der Waals surface area contributed by atoms with Crippen LogP contribution < -0.4 is 10.5 Å². The van der Waals surface area contributed by atoms with Crippen LogP contribution in [0.3, 0.4) is 0 Å². The Morgan fingerprint density at radius 2 is 2.10 bits per heavy atom. The normalized spacial score (nSPS) is 11.3. The van der Waals surface area contributed by atoms with Gasteiger partial charge in [-0.3, -0.25) is 14.9 Å². The molecule has 21 heavy (non-hydrogen) atoms. The highest BCUT2D eigenvalue weighted by atomic mass is 32.2. The zero-order chi connectivity index (χ0) is 16.2. The summed E-state index contributed by atoms with van der Waals surface area (Å²) in [6.07, 6.45) is 0.196. The van der Waals surface area contributed by atoms with Gasteiger partial charge in [-0.25, -0.2) is 13.1 Å². The molecule has 0 radical (unpaired) electrons. The zero-order valence-corrected chi connectivity index (χ0v) is 11.9. The van der Waals surface area contributed by atoms with Gasteiger partial charge in [0.25, 0.3) is 0 Å². The summed E-state index contributed by atoms with van der Waals surface area (Å²) in [5.74, 6) is -1.67. The molecule has 0 aliphatic heterocycles. The molecule has 8 nitrogen and oxygen atoms in total. The minimum Gasteiger partial charge on any atom is -0.370 e. The maximum absolute atomic E-state index is 13.4. The summed E-state index contributed by atoms with van der Waals surface area (Å²) in [6, 6.07) is 1.46. The minimum absolute atomic E-state index is 0.00503. The lowest BCUT2D eigenvalue weighted by Gasteiger charge is -2.09. The Hall–Kier alpha value is -2.07. The van der Waals surface area contributed by atoms with Crippen molar-refractivity contribution < 1.29 is 22.5 Å². The molecule has 0 saturated carbocycles. The molecule has 0 atom stereocenters. The first-order valence-electron chi connectivity index (χ1n) is 5.87. The van der Waals surface area contributed by atoms with Crippen molar-refractivity contribution in [2.75, 3.05) is 6.54 Å². The van der Waals surface area contributed by atoms with Crippen LogP contribution >= 0.6 is 0 Å². The molecule has 0 spiro atoms. The molecule has 0 unspecified atom stereocenters. The Morgan fingerprint density at radius 1 is 1.48 bits per heavy atom. The largest absolute Gasteiger partial charge is 0.370 e. The summed E-state index contributed by atoms with van der Waals surface area (Å²) < 4.78 is 39.6. The second kappa shape index (κ2) is 6.59. The topological polar surface area (TPSA) is 132 Å². The van der Waals surface area contributed by atoms with E-state index in [1.807, 2.05) is 0 Å². The number of sulfonamides is 1. The fourth-order valence-corrected chi connectivity index (χ4v) is 2.94. The molecule has 1 aromatic rings. The Balaban J connectivity index is 3.00. The van der Waals surface area contributed by atoms with Crippen molar-refractivity contribution in [1.82, 2.24) is 4.72 Å². The van der Waals surface area contributed by atoms with Gasteiger partial charge < -0.3 is 5.73 Å². The number of primary amides is 1. The standard InChI is InChI=1S/C11H14FN3O5S/c1-7-5-8(12)9(15(17)18)6-10(7)21(19,20)14-4-2-3-11(13)16/h5-6,14H,2-4H2,1H3,(H2,13,16). The molecule has 0 heterocycles. The lowest BCUT2D eigenvalue weighted by Crippen LogP contribution is -2.26. The number of hydrogen-bond acceptors (Lipinski definition) is 5. The van der Waals surface area contributed by atoms with Crippen molar-refractivity contribution in [3.05, 3.63) is 33.6 Å². The third kappa shape index (κ3) is 4.46. The van der Waals surface area contributed by atoms with Crippen molar-refractivity contribution in [1.29, 1.82) is 0 Å². The molecule has 1 rings (SSSR count). The van der Waals surface area contributed by atoms with Gasteiger partial charge in [-0.15, -0.1) is 0 Å². The number of hydrogen-bond donors (Lipinski definition) is 2. The number of nitrogens with one attached hydrogen (secondary N) is 1. The Morgan fingerprint density at radius 3 is 2.62 bits per heavy atom. The van der Waals surface area contributed by atoms with Crippen LogP contribution in [0.1, 0.15) is 18.4 Å². The van der Waals surface area contributed by atoms with Gasteiger partial charge in [0.05, 0.1) is 9.82 Å². The van der Waals surface area contributed by atoms with Crippen LogP contribution in [-0.2, 0) is 14.8 Å². The van der Waals surface area contributed by atoms with Crippen LogP contribution in [0.25, 0.3) is 0 Å². The van der Waals surface area contributed by atoms with E-state index in [1.54, 1.807) is 0 Å². The second-order valence-corrected chi connectivity index (χ2v) is 6.03. The molecule has 0 bridgehead atoms. The third-order valence-corrected chi connectivity index (χ3v) is 4.23. The van der Waals surface area contributed by atoms with Crippen LogP contribution in [0.2, 0.25) is 0 Å². The predicted octanol–water partition coefficient (Wildman–Crippen LogP) is 0.586. The summed E-state index contributed by atoms with van der Waals surface area (Å²) in [4.78, 5) is 19.8. The number of nitrogens with two attached hydrogens (primary N) is 1. The lowest BCUT2D eigenvalue weighted by atomic mass is 10.2. The number of benzene rings is 1. The van der Waals surface area contributed by atoms with Gasteiger partial charge >= 0.3 is 5.69 Å². The average molecular weight is 319 g/mol. The number of nitro groups is 1. The van der Waals surface area contributed by atoms with Crippen molar-refractivity contribution in [2.24, 2.45) is 5.73 Å². The van der Waals surface area contributed by atoms with E-state index < -0.39 is 32.4 Å². The highest BCUT2D eigenvalue weighted by molar-refractivity contribution is 7.89. The predicted molar refractivity (Wildman–Crippen MR) is 71.4 cm³/mol. The molecule has 0 aromatic heterocycles. The summed E-state index contributed by atoms with van der Waals surface area (Å²) in [7, 11) is -4.03. The van der Waals surface area contributed by atoms with E-state index >= 15 is 0 Å². The first-order valence-corrected chi connectivity index (χ1v) is 7.36. The van der Waals surface area contributed by atoms with Gasteiger partial charge in [0.2, 0.25) is 21.7 Å². The van der Waals surface area contributed by atoms with E-state index in [-0.39, 0.29) is 29.8 Å². The molecule has 3 N–H and O–H groups in total. The molecule has 10 heteroatoms. The monoisotopic (exact) mass is 319 g/mol. The van der Waals surface area contributed by atoms with E-state index in [1.165, 1.54) is 6.92 Å². The molecule has 116 valence electrons. The maximum Gasteiger partial charge on any atom is 0.306 e. The highest BCUT2D eigenvalue weighted by Gasteiger charge is 2.24. The molecular formula is C11H14FN3O5S. The molecule has 0 saturated heterocycles. The van der Waals surface area contributed by atoms with Crippen molar-refractivity contribution >= 4 is 21.6 Å². The van der Waals surface area contributed by atoms with Gasteiger partial charge in [0.15, 0.2) is 0 Å². The Labute approximate surface area is 120 Å². The van der Waals surface area contributed by atoms with Crippen LogP contribution in [0.4, 0.5) is 10.1 Å². The van der Waals surface area contributed by atoms with E-state index in [0.29, 0.717) is 6.07 Å². The van der Waals surface area contributed by atoms with Gasteiger partial charge in [-0.2, -0.15) is 4.39 Å². The van der Waals surface area contributed by atoms with Gasteiger partial charge in [0, 0.05) is 19.0 Å². The lowest BCUT2D eigenvalue weighted by molar-refractivity contribution is -0.387. The number of carbonyl (C=O) groups is 1. The minimum atomic E-state index is -4.03. The summed E-state index contributed by atoms with van der Waals surface area (Å²) in [6.45, 7) is 1.26. The summed E-state index contributed by atoms with van der Waals surface area (Å²) >= 11 is 0. The van der Waals surface area contributed by atoms with Crippen LogP contribution in [0.15, 0.2) is 17.0 Å².